The number of hydrogen-bond acceptors (Lipinski definition) is 4. The summed E-state index contributed by atoms with van der Waals surface area (Å²) >= 11 is 0. The first kappa shape index (κ1) is 14.9. The van der Waals surface area contributed by atoms with E-state index in [1.165, 1.54) is 12.8 Å². The second-order valence-corrected chi connectivity index (χ2v) is 5.45. The van der Waals surface area contributed by atoms with Gasteiger partial charge in [0.25, 0.3) is 0 Å². The van der Waals surface area contributed by atoms with Gasteiger partial charge in [0, 0.05) is 32.0 Å². The third-order valence-electron chi connectivity index (χ3n) is 3.03. The summed E-state index contributed by atoms with van der Waals surface area (Å²) in [6.45, 7) is 2.64. The van der Waals surface area contributed by atoms with Crippen molar-refractivity contribution in [3.8, 4) is 0 Å². The zero-order valence-corrected chi connectivity index (χ0v) is 12.4. The van der Waals surface area contributed by atoms with Crippen LogP contribution in [0.4, 0.5) is 0 Å². The highest BCUT2D eigenvalue weighted by Crippen LogP contribution is 2.23. The number of nitrogens with zero attached hydrogens (tertiary/aromatic N) is 3. The molecule has 0 bridgehead atoms. The minimum absolute atomic E-state index is 0.576. The molecule has 0 unspecified atom stereocenters. The van der Waals surface area contributed by atoms with Crippen LogP contribution in [0.3, 0.4) is 0 Å². The maximum Gasteiger partial charge on any atom is 0.0548 e. The highest BCUT2D eigenvalue weighted by atomic mass is 15.0. The molecule has 0 radical (unpaired) electrons. The highest BCUT2D eigenvalue weighted by molar-refractivity contribution is 5.79. The molecule has 1 heterocycles. The molecule has 20 heavy (non-hydrogen) atoms. The van der Waals surface area contributed by atoms with Crippen LogP contribution in [0.25, 0.3) is 0 Å². The molecule has 1 N–H and O–H groups in total. The van der Waals surface area contributed by atoms with Gasteiger partial charge in [0.15, 0.2) is 0 Å². The van der Waals surface area contributed by atoms with Crippen LogP contribution in [0.2, 0.25) is 0 Å². The number of likely N-dealkylation sites (N-methyl/N-ethyl adjacent to an activating group) is 1. The monoisotopic (exact) mass is 272 g/mol. The Morgan fingerprint density at radius 1 is 1.40 bits per heavy atom. The molecule has 1 saturated carbocycles. The second kappa shape index (κ2) is 7.92. The van der Waals surface area contributed by atoms with Crippen molar-refractivity contribution in [2.24, 2.45) is 4.99 Å². The second-order valence-electron chi connectivity index (χ2n) is 5.45. The van der Waals surface area contributed by atoms with Crippen LogP contribution in [0.1, 0.15) is 24.1 Å². The van der Waals surface area contributed by atoms with Crippen LogP contribution in [0.15, 0.2) is 35.5 Å². The largest absolute Gasteiger partial charge is 0.308 e. The van der Waals surface area contributed by atoms with Crippen LogP contribution >= 0.6 is 0 Å². The van der Waals surface area contributed by atoms with Gasteiger partial charge in [-0.15, -0.1) is 0 Å². The van der Waals surface area contributed by atoms with Gasteiger partial charge in [0.1, 0.15) is 0 Å². The van der Waals surface area contributed by atoms with E-state index < -0.39 is 0 Å². The minimum Gasteiger partial charge on any atom is -0.308 e. The molecular formula is C16H24N4. The minimum atomic E-state index is 0.576. The van der Waals surface area contributed by atoms with E-state index in [-0.39, 0.29) is 0 Å². The van der Waals surface area contributed by atoms with Gasteiger partial charge in [-0.2, -0.15) is 0 Å². The van der Waals surface area contributed by atoms with E-state index >= 15 is 0 Å². The van der Waals surface area contributed by atoms with Crippen molar-refractivity contribution in [3.63, 3.8) is 0 Å². The van der Waals surface area contributed by atoms with Gasteiger partial charge >= 0.3 is 0 Å². The molecule has 0 saturated heterocycles. The van der Waals surface area contributed by atoms with Crippen LogP contribution in [-0.2, 0) is 6.54 Å². The number of pyridine rings is 1. The summed E-state index contributed by atoms with van der Waals surface area (Å²) in [5.74, 6) is 0. The van der Waals surface area contributed by atoms with Gasteiger partial charge in [-0.3, -0.25) is 9.98 Å². The third-order valence-corrected chi connectivity index (χ3v) is 3.03. The van der Waals surface area contributed by atoms with E-state index in [0.717, 1.165) is 30.9 Å². The smallest absolute Gasteiger partial charge is 0.0548 e. The molecule has 4 heteroatoms. The van der Waals surface area contributed by atoms with E-state index in [4.69, 9.17) is 0 Å². The third kappa shape index (κ3) is 6.08. The Bertz CT molecular complexity index is 461. The average Bonchev–Trinajstić information content (AvgIpc) is 3.25. The van der Waals surface area contributed by atoms with E-state index in [1.54, 1.807) is 0 Å². The van der Waals surface area contributed by atoms with Crippen molar-refractivity contribution >= 4 is 6.21 Å². The molecule has 4 nitrogen and oxygen atoms in total. The fraction of sp³-hybridized carbons (Fsp3) is 0.500. The summed E-state index contributed by atoms with van der Waals surface area (Å²) in [5, 5.41) is 3.37. The van der Waals surface area contributed by atoms with Crippen molar-refractivity contribution in [1.82, 2.24) is 15.2 Å². The zero-order chi connectivity index (χ0) is 14.2. The Kier molecular flexibility index (Phi) is 5.89. The highest BCUT2D eigenvalue weighted by Gasteiger charge is 2.18. The number of nitrogens with one attached hydrogen (secondary N) is 1. The molecule has 108 valence electrons. The topological polar surface area (TPSA) is 40.5 Å². The lowest BCUT2D eigenvalue weighted by Gasteiger charge is -2.04. The van der Waals surface area contributed by atoms with E-state index in [1.807, 2.05) is 18.5 Å². The summed E-state index contributed by atoms with van der Waals surface area (Å²) in [7, 11) is 4.13. The first-order valence-corrected chi connectivity index (χ1v) is 7.22. The molecule has 0 atom stereocenters. The molecule has 0 spiro atoms. The zero-order valence-electron chi connectivity index (χ0n) is 12.4. The number of rotatable bonds is 8. The van der Waals surface area contributed by atoms with Gasteiger partial charge in [0.2, 0.25) is 0 Å². The fourth-order valence-electron chi connectivity index (χ4n) is 1.74. The summed E-state index contributed by atoms with van der Waals surface area (Å²) in [5.41, 5.74) is 2.21. The summed E-state index contributed by atoms with van der Waals surface area (Å²) in [4.78, 5) is 11.0. The van der Waals surface area contributed by atoms with Crippen molar-refractivity contribution in [2.45, 2.75) is 25.4 Å². The molecule has 1 aliphatic rings. The van der Waals surface area contributed by atoms with Gasteiger partial charge in [-0.1, -0.05) is 12.2 Å². The quantitative estimate of drug-likeness (QED) is 0.446. The lowest BCUT2D eigenvalue weighted by atomic mass is 10.2. The van der Waals surface area contributed by atoms with Crippen molar-refractivity contribution in [1.29, 1.82) is 0 Å². The van der Waals surface area contributed by atoms with Crippen molar-refractivity contribution in [2.75, 3.05) is 27.2 Å². The molecule has 0 amide bonds. The molecular weight excluding hydrogens is 248 g/mol. The molecule has 1 fully saturated rings. The summed E-state index contributed by atoms with van der Waals surface area (Å²) in [6, 6.07) is 4.68. The van der Waals surface area contributed by atoms with Crippen molar-refractivity contribution in [3.05, 3.63) is 41.7 Å². The predicted octanol–water partition coefficient (Wildman–Crippen LogP) is 1.87. The average molecular weight is 272 g/mol. The van der Waals surface area contributed by atoms with E-state index in [0.29, 0.717) is 6.04 Å². The number of aromatic nitrogens is 1. The molecule has 0 aliphatic heterocycles. The predicted molar refractivity (Wildman–Crippen MR) is 84.3 cm³/mol. The van der Waals surface area contributed by atoms with Gasteiger partial charge in [-0.05, 0) is 44.6 Å². The van der Waals surface area contributed by atoms with Crippen LogP contribution in [0.5, 0.6) is 0 Å². The van der Waals surface area contributed by atoms with Gasteiger partial charge in [-0.25, -0.2) is 0 Å². The molecule has 1 aromatic rings. The Hall–Kier alpha value is -1.52. The Balaban J connectivity index is 1.72. The van der Waals surface area contributed by atoms with Crippen molar-refractivity contribution < 1.29 is 0 Å². The SMILES string of the molecule is CN(C)C/C=C/CNCc1cc(/C=N\C2CC2)ccn1. The Morgan fingerprint density at radius 3 is 3.00 bits per heavy atom. The normalized spacial score (nSPS) is 15.8. The lowest BCUT2D eigenvalue weighted by molar-refractivity contribution is 0.456. The fourth-order valence-corrected chi connectivity index (χ4v) is 1.74. The standard InChI is InChI=1S/C16H24N4/c1-20(2)10-4-3-8-17-13-16-11-14(7-9-18-16)12-19-15-5-6-15/h3-4,7,9,11-12,15,17H,5-6,8,10,13H2,1-2H3/b4-3+,19-12-. The number of hydrogen-bond donors (Lipinski definition) is 1. The maximum absolute atomic E-state index is 4.50. The van der Waals surface area contributed by atoms with Gasteiger partial charge < -0.3 is 10.2 Å². The first-order chi connectivity index (χ1) is 9.74. The number of aliphatic imine (C=N–C) groups is 1. The molecule has 0 aromatic carbocycles. The van der Waals surface area contributed by atoms with Crippen LogP contribution in [0, 0.1) is 0 Å². The molecule has 2 rings (SSSR count). The molecule has 1 aromatic heterocycles. The maximum atomic E-state index is 4.50. The summed E-state index contributed by atoms with van der Waals surface area (Å²) in [6.07, 6.45) is 10.6. The Labute approximate surface area is 121 Å². The lowest BCUT2D eigenvalue weighted by Crippen LogP contribution is -2.15. The van der Waals surface area contributed by atoms with E-state index in [9.17, 15) is 0 Å². The Morgan fingerprint density at radius 2 is 2.25 bits per heavy atom. The molecule has 1 aliphatic carbocycles. The van der Waals surface area contributed by atoms with E-state index in [2.05, 4.69) is 52.5 Å². The first-order valence-electron chi connectivity index (χ1n) is 7.22. The van der Waals surface area contributed by atoms with Gasteiger partial charge in [0.05, 0.1) is 11.7 Å². The summed E-state index contributed by atoms with van der Waals surface area (Å²) < 4.78 is 0. The van der Waals surface area contributed by atoms with Crippen LogP contribution < -0.4 is 5.32 Å². The van der Waals surface area contributed by atoms with Crippen LogP contribution in [-0.4, -0.2) is 49.3 Å².